The minimum atomic E-state index is 0.210. The van der Waals surface area contributed by atoms with Crippen molar-refractivity contribution in [3.05, 3.63) is 18.2 Å². The standard InChI is InChI=1S/C8H9N3Se/c1-11(2)6-4-3-5-7-8(6)9-10-12-7/h3-5H,1-2H3. The molecule has 0 aliphatic carbocycles. The molecule has 62 valence electrons. The zero-order valence-electron chi connectivity index (χ0n) is 6.98. The average Bonchev–Trinajstić information content (AvgIpc) is 2.49. The average molecular weight is 226 g/mol. The molecular formula is C8H9N3Se. The topological polar surface area (TPSA) is 29.0 Å². The third-order valence-corrected chi connectivity index (χ3v) is 3.19. The second-order valence-corrected chi connectivity index (χ2v) is 4.44. The van der Waals surface area contributed by atoms with E-state index in [-0.39, 0.29) is 14.7 Å². The van der Waals surface area contributed by atoms with Gasteiger partial charge in [-0.1, -0.05) is 0 Å². The van der Waals surface area contributed by atoms with Crippen LogP contribution in [-0.2, 0) is 0 Å². The molecule has 1 aromatic carbocycles. The molecule has 0 N–H and O–H groups in total. The number of rotatable bonds is 1. The van der Waals surface area contributed by atoms with E-state index in [1.165, 1.54) is 4.26 Å². The molecule has 0 saturated heterocycles. The Kier molecular flexibility index (Phi) is 1.87. The predicted molar refractivity (Wildman–Crippen MR) is 50.8 cm³/mol. The zero-order chi connectivity index (χ0) is 8.55. The quantitative estimate of drug-likeness (QED) is 0.672. The van der Waals surface area contributed by atoms with Gasteiger partial charge in [0.05, 0.1) is 0 Å². The summed E-state index contributed by atoms with van der Waals surface area (Å²) in [5, 5.41) is 4.13. The minimum absolute atomic E-state index is 0.210. The van der Waals surface area contributed by atoms with Crippen LogP contribution in [0.15, 0.2) is 18.2 Å². The van der Waals surface area contributed by atoms with Gasteiger partial charge in [-0.2, -0.15) is 0 Å². The third kappa shape index (κ3) is 1.13. The second-order valence-electron chi connectivity index (χ2n) is 2.79. The van der Waals surface area contributed by atoms with E-state index in [2.05, 4.69) is 32.3 Å². The van der Waals surface area contributed by atoms with Gasteiger partial charge >= 0.3 is 76.6 Å². The van der Waals surface area contributed by atoms with E-state index in [9.17, 15) is 0 Å². The maximum absolute atomic E-state index is 4.13. The molecule has 0 fully saturated rings. The normalized spacial score (nSPS) is 10.5. The molecule has 0 unspecified atom stereocenters. The van der Waals surface area contributed by atoms with E-state index in [1.807, 2.05) is 14.1 Å². The maximum atomic E-state index is 4.13. The number of nitrogens with zero attached hydrogens (tertiary/aromatic N) is 3. The van der Waals surface area contributed by atoms with Gasteiger partial charge < -0.3 is 0 Å². The summed E-state index contributed by atoms with van der Waals surface area (Å²) in [6.07, 6.45) is 0. The molecule has 1 heterocycles. The molecule has 0 radical (unpaired) electrons. The van der Waals surface area contributed by atoms with Gasteiger partial charge in [0.25, 0.3) is 0 Å². The van der Waals surface area contributed by atoms with Gasteiger partial charge in [-0.15, -0.1) is 0 Å². The number of anilines is 1. The molecule has 4 heteroatoms. The summed E-state index contributed by atoms with van der Waals surface area (Å²) in [7, 11) is 4.05. The summed E-state index contributed by atoms with van der Waals surface area (Å²) < 4.78 is 5.34. The first-order chi connectivity index (χ1) is 5.79. The van der Waals surface area contributed by atoms with Gasteiger partial charge in [0.15, 0.2) is 0 Å². The fraction of sp³-hybridized carbons (Fsp3) is 0.250. The number of hydrogen-bond acceptors (Lipinski definition) is 3. The Hall–Kier alpha value is -0.861. The number of fused-ring (bicyclic) bond motifs is 1. The molecule has 3 nitrogen and oxygen atoms in total. The summed E-state index contributed by atoms with van der Waals surface area (Å²) in [4.78, 5) is 2.07. The summed E-state index contributed by atoms with van der Waals surface area (Å²) in [5.74, 6) is 0. The SMILES string of the molecule is CN(C)c1cccc2[se]nnc12. The van der Waals surface area contributed by atoms with Crippen molar-refractivity contribution >= 4 is 30.2 Å². The van der Waals surface area contributed by atoms with Crippen LogP contribution in [0.4, 0.5) is 5.69 Å². The van der Waals surface area contributed by atoms with Crippen LogP contribution in [-0.4, -0.2) is 38.0 Å². The van der Waals surface area contributed by atoms with Gasteiger partial charge in [0.1, 0.15) is 0 Å². The molecule has 0 aliphatic rings. The Morgan fingerprint density at radius 3 is 2.92 bits per heavy atom. The predicted octanol–water partition coefficient (Wildman–Crippen LogP) is 0.753. The van der Waals surface area contributed by atoms with Gasteiger partial charge in [-0.25, -0.2) is 0 Å². The second kappa shape index (κ2) is 2.88. The van der Waals surface area contributed by atoms with Crippen LogP contribution < -0.4 is 4.90 Å². The third-order valence-electron chi connectivity index (χ3n) is 1.74. The Bertz CT molecular complexity index is 394. The fourth-order valence-corrected chi connectivity index (χ4v) is 2.37. The molecule has 0 amide bonds. The van der Waals surface area contributed by atoms with Crippen molar-refractivity contribution in [1.29, 1.82) is 0 Å². The molecule has 1 aromatic heterocycles. The molecule has 2 aromatic rings. The fourth-order valence-electron chi connectivity index (χ4n) is 1.15. The molecule has 2 rings (SSSR count). The van der Waals surface area contributed by atoms with E-state index in [0.29, 0.717) is 0 Å². The van der Waals surface area contributed by atoms with E-state index in [4.69, 9.17) is 0 Å². The monoisotopic (exact) mass is 227 g/mol. The van der Waals surface area contributed by atoms with Gasteiger partial charge in [-0.05, 0) is 0 Å². The Balaban J connectivity index is 2.73. The zero-order valence-corrected chi connectivity index (χ0v) is 8.70. The van der Waals surface area contributed by atoms with Crippen molar-refractivity contribution in [3.8, 4) is 0 Å². The van der Waals surface area contributed by atoms with Crippen molar-refractivity contribution in [2.24, 2.45) is 0 Å². The Morgan fingerprint density at radius 1 is 1.33 bits per heavy atom. The van der Waals surface area contributed by atoms with Crippen molar-refractivity contribution in [2.75, 3.05) is 19.0 Å². The van der Waals surface area contributed by atoms with Crippen LogP contribution in [0, 0.1) is 0 Å². The first-order valence-electron chi connectivity index (χ1n) is 3.67. The summed E-state index contributed by atoms with van der Waals surface area (Å²) in [6.45, 7) is 0. The number of aromatic nitrogens is 2. The van der Waals surface area contributed by atoms with Crippen LogP contribution in [0.1, 0.15) is 0 Å². The summed E-state index contributed by atoms with van der Waals surface area (Å²) in [6, 6.07) is 6.23. The summed E-state index contributed by atoms with van der Waals surface area (Å²) >= 11 is 0.210. The van der Waals surface area contributed by atoms with Crippen molar-refractivity contribution < 1.29 is 0 Å². The molecule has 0 atom stereocenters. The van der Waals surface area contributed by atoms with Crippen LogP contribution in [0.2, 0.25) is 0 Å². The number of benzene rings is 1. The number of hydrogen-bond donors (Lipinski definition) is 0. The first-order valence-corrected chi connectivity index (χ1v) is 5.30. The van der Waals surface area contributed by atoms with Crippen LogP contribution in [0.5, 0.6) is 0 Å². The van der Waals surface area contributed by atoms with Gasteiger partial charge in [0.2, 0.25) is 0 Å². The van der Waals surface area contributed by atoms with E-state index in [1.54, 1.807) is 0 Å². The van der Waals surface area contributed by atoms with Gasteiger partial charge in [0, 0.05) is 0 Å². The van der Waals surface area contributed by atoms with Crippen molar-refractivity contribution in [2.45, 2.75) is 0 Å². The molecule has 0 spiro atoms. The summed E-state index contributed by atoms with van der Waals surface area (Å²) in [5.41, 5.74) is 2.22. The van der Waals surface area contributed by atoms with E-state index in [0.717, 1.165) is 11.2 Å². The van der Waals surface area contributed by atoms with Crippen LogP contribution >= 0.6 is 0 Å². The molecule has 12 heavy (non-hydrogen) atoms. The molecule has 0 bridgehead atoms. The van der Waals surface area contributed by atoms with E-state index >= 15 is 0 Å². The van der Waals surface area contributed by atoms with Crippen LogP contribution in [0.3, 0.4) is 0 Å². The van der Waals surface area contributed by atoms with Gasteiger partial charge in [-0.3, -0.25) is 0 Å². The molecular weight excluding hydrogens is 217 g/mol. The Morgan fingerprint density at radius 2 is 2.17 bits per heavy atom. The Labute approximate surface area is 77.0 Å². The van der Waals surface area contributed by atoms with Crippen LogP contribution in [0.25, 0.3) is 9.78 Å². The first kappa shape index (κ1) is 7.77. The van der Waals surface area contributed by atoms with Crippen molar-refractivity contribution in [3.63, 3.8) is 0 Å². The molecule has 0 aliphatic heterocycles. The van der Waals surface area contributed by atoms with E-state index < -0.39 is 0 Å². The molecule has 0 saturated carbocycles. The van der Waals surface area contributed by atoms with Crippen molar-refractivity contribution in [1.82, 2.24) is 9.19 Å².